The first kappa shape index (κ1) is 14.9. The number of fused-ring (bicyclic) bond motifs is 4. The smallest absolute Gasteiger partial charge is 0.168 e. The standard InChI is InChI=1S/C20H30O2/c1-5-15-12-6-7-13(10-12)16(15)17(21)20(22)11-14-8-9-19(20,4)18(14,2)3/h6-7,12-16,22H,5,8-11H2,1-4H3/t12-,13+,14+,15+,16+,19+,20-/m0/s1. The first-order valence-corrected chi connectivity index (χ1v) is 9.21. The molecule has 1 N–H and O–H groups in total. The minimum Gasteiger partial charge on any atom is -0.381 e. The first-order chi connectivity index (χ1) is 10.3. The van der Waals surface area contributed by atoms with E-state index < -0.39 is 5.60 Å². The molecular formula is C20H30O2. The van der Waals surface area contributed by atoms with Gasteiger partial charge in [0.05, 0.1) is 0 Å². The van der Waals surface area contributed by atoms with Crippen LogP contribution in [0.3, 0.4) is 0 Å². The molecule has 0 aliphatic heterocycles. The predicted molar refractivity (Wildman–Crippen MR) is 87.2 cm³/mol. The van der Waals surface area contributed by atoms with Gasteiger partial charge in [-0.2, -0.15) is 0 Å². The van der Waals surface area contributed by atoms with E-state index in [1.807, 2.05) is 0 Å². The third kappa shape index (κ3) is 1.44. The largest absolute Gasteiger partial charge is 0.381 e. The molecule has 0 aromatic heterocycles. The quantitative estimate of drug-likeness (QED) is 0.801. The molecule has 7 atom stereocenters. The number of ketones is 1. The van der Waals surface area contributed by atoms with Crippen LogP contribution in [0.25, 0.3) is 0 Å². The van der Waals surface area contributed by atoms with Gasteiger partial charge in [-0.15, -0.1) is 0 Å². The van der Waals surface area contributed by atoms with E-state index in [9.17, 15) is 9.90 Å². The number of allylic oxidation sites excluding steroid dienone is 2. The first-order valence-electron chi connectivity index (χ1n) is 9.21. The molecule has 2 nitrogen and oxygen atoms in total. The van der Waals surface area contributed by atoms with Crippen LogP contribution in [0, 0.1) is 40.4 Å². The molecule has 0 aromatic carbocycles. The molecule has 4 aliphatic rings. The van der Waals surface area contributed by atoms with Gasteiger partial charge in [-0.3, -0.25) is 4.79 Å². The average molecular weight is 302 g/mol. The monoisotopic (exact) mass is 302 g/mol. The van der Waals surface area contributed by atoms with Gasteiger partial charge in [0.2, 0.25) is 0 Å². The Hall–Kier alpha value is -0.630. The van der Waals surface area contributed by atoms with Crippen LogP contribution in [0.2, 0.25) is 0 Å². The van der Waals surface area contributed by atoms with E-state index in [1.165, 1.54) is 6.42 Å². The summed E-state index contributed by atoms with van der Waals surface area (Å²) in [6.45, 7) is 8.93. The van der Waals surface area contributed by atoms with Crippen molar-refractivity contribution in [3.8, 4) is 0 Å². The van der Waals surface area contributed by atoms with Crippen LogP contribution in [-0.4, -0.2) is 16.5 Å². The maximum absolute atomic E-state index is 13.5. The minimum absolute atomic E-state index is 0.0666. The summed E-state index contributed by atoms with van der Waals surface area (Å²) in [5.74, 6) is 2.17. The second kappa shape index (κ2) is 4.26. The topological polar surface area (TPSA) is 37.3 Å². The molecule has 3 saturated carbocycles. The lowest BCUT2D eigenvalue weighted by Gasteiger charge is -2.46. The van der Waals surface area contributed by atoms with Gasteiger partial charge in [0.25, 0.3) is 0 Å². The van der Waals surface area contributed by atoms with E-state index in [0.717, 1.165) is 19.3 Å². The second-order valence-electron chi connectivity index (χ2n) is 9.26. The predicted octanol–water partition coefficient (Wildman–Crippen LogP) is 3.98. The van der Waals surface area contributed by atoms with Gasteiger partial charge in [0.1, 0.15) is 5.60 Å². The lowest BCUT2D eigenvalue weighted by atomic mass is 9.60. The van der Waals surface area contributed by atoms with Crippen LogP contribution >= 0.6 is 0 Å². The Balaban J connectivity index is 1.71. The molecule has 22 heavy (non-hydrogen) atoms. The van der Waals surface area contributed by atoms with Crippen LogP contribution < -0.4 is 0 Å². The molecule has 122 valence electrons. The van der Waals surface area contributed by atoms with Gasteiger partial charge in [0, 0.05) is 11.3 Å². The normalized spacial score (nSPS) is 54.3. The Morgan fingerprint density at radius 1 is 1.23 bits per heavy atom. The van der Waals surface area contributed by atoms with Crippen molar-refractivity contribution in [1.29, 1.82) is 0 Å². The molecule has 4 rings (SSSR count). The zero-order valence-electron chi connectivity index (χ0n) is 14.4. The number of aliphatic hydroxyl groups is 1. The molecule has 3 fully saturated rings. The highest BCUT2D eigenvalue weighted by Crippen LogP contribution is 2.71. The van der Waals surface area contributed by atoms with E-state index in [0.29, 0.717) is 30.1 Å². The highest BCUT2D eigenvalue weighted by Gasteiger charge is 2.72. The van der Waals surface area contributed by atoms with Crippen molar-refractivity contribution in [3.05, 3.63) is 12.2 Å². The van der Waals surface area contributed by atoms with Crippen molar-refractivity contribution < 1.29 is 9.90 Å². The molecule has 0 spiro atoms. The molecule has 2 heteroatoms. The Bertz CT molecular complexity index is 548. The van der Waals surface area contributed by atoms with E-state index >= 15 is 0 Å². The highest BCUT2D eigenvalue weighted by molar-refractivity contribution is 5.92. The van der Waals surface area contributed by atoms with Crippen molar-refractivity contribution in [3.63, 3.8) is 0 Å². The molecule has 0 saturated heterocycles. The van der Waals surface area contributed by atoms with Gasteiger partial charge >= 0.3 is 0 Å². The Morgan fingerprint density at radius 3 is 2.45 bits per heavy atom. The average Bonchev–Trinajstić information content (AvgIpc) is 3.17. The van der Waals surface area contributed by atoms with Crippen molar-refractivity contribution in [2.75, 3.05) is 0 Å². The molecule has 0 amide bonds. The zero-order valence-corrected chi connectivity index (χ0v) is 14.4. The van der Waals surface area contributed by atoms with Crippen molar-refractivity contribution in [2.24, 2.45) is 40.4 Å². The fourth-order valence-electron chi connectivity index (χ4n) is 6.79. The fourth-order valence-corrected chi connectivity index (χ4v) is 6.79. The van der Waals surface area contributed by atoms with Crippen LogP contribution in [0.15, 0.2) is 12.2 Å². The molecular weight excluding hydrogens is 272 g/mol. The Kier molecular flexibility index (Phi) is 2.89. The molecule has 0 radical (unpaired) electrons. The Morgan fingerprint density at radius 2 is 1.91 bits per heavy atom. The summed E-state index contributed by atoms with van der Waals surface area (Å²) in [6, 6.07) is 0. The summed E-state index contributed by atoms with van der Waals surface area (Å²) in [7, 11) is 0. The minimum atomic E-state index is -1.09. The SMILES string of the molecule is CC[C@H]1[C@H](C(=O)[C@@]2(O)C[C@H]3CC[C@]2(C)C3(C)C)[C@@H]2C=C[C@H]1C2. The summed E-state index contributed by atoms with van der Waals surface area (Å²) in [6.07, 6.45) is 9.63. The van der Waals surface area contributed by atoms with Gasteiger partial charge in [0.15, 0.2) is 5.78 Å². The zero-order chi connectivity index (χ0) is 15.9. The number of hydrogen-bond acceptors (Lipinski definition) is 2. The summed E-state index contributed by atoms with van der Waals surface area (Å²) >= 11 is 0. The number of carbonyl (C=O) groups is 1. The van der Waals surface area contributed by atoms with Crippen molar-refractivity contribution in [2.45, 2.75) is 65.4 Å². The van der Waals surface area contributed by atoms with E-state index in [1.54, 1.807) is 0 Å². The highest BCUT2D eigenvalue weighted by atomic mass is 16.3. The number of Topliss-reactive ketones (excluding diaryl/α,β-unsaturated/α-hetero) is 1. The van der Waals surface area contributed by atoms with Gasteiger partial charge in [-0.1, -0.05) is 46.3 Å². The van der Waals surface area contributed by atoms with Crippen LogP contribution in [0.4, 0.5) is 0 Å². The molecule has 0 aromatic rings. The molecule has 4 bridgehead atoms. The van der Waals surface area contributed by atoms with E-state index in [2.05, 4.69) is 39.8 Å². The van der Waals surface area contributed by atoms with Gasteiger partial charge in [-0.05, 0) is 54.8 Å². The van der Waals surface area contributed by atoms with Gasteiger partial charge < -0.3 is 5.11 Å². The summed E-state index contributed by atoms with van der Waals surface area (Å²) in [5.41, 5.74) is -1.26. The lowest BCUT2D eigenvalue weighted by Crippen LogP contribution is -2.56. The van der Waals surface area contributed by atoms with E-state index in [4.69, 9.17) is 0 Å². The summed E-state index contributed by atoms with van der Waals surface area (Å²) in [5, 5.41) is 11.6. The van der Waals surface area contributed by atoms with Crippen molar-refractivity contribution in [1.82, 2.24) is 0 Å². The van der Waals surface area contributed by atoms with Crippen LogP contribution in [0.1, 0.15) is 59.8 Å². The van der Waals surface area contributed by atoms with Gasteiger partial charge in [-0.25, -0.2) is 0 Å². The molecule has 0 heterocycles. The summed E-state index contributed by atoms with van der Waals surface area (Å²) in [4.78, 5) is 13.5. The Labute approximate surface area is 134 Å². The number of hydrogen-bond donors (Lipinski definition) is 1. The molecule has 0 unspecified atom stereocenters. The number of rotatable bonds is 3. The van der Waals surface area contributed by atoms with Crippen molar-refractivity contribution >= 4 is 5.78 Å². The second-order valence-corrected chi connectivity index (χ2v) is 9.26. The maximum atomic E-state index is 13.5. The van der Waals surface area contributed by atoms with Crippen LogP contribution in [0.5, 0.6) is 0 Å². The third-order valence-electron chi connectivity index (χ3n) is 8.69. The summed E-state index contributed by atoms with van der Waals surface area (Å²) < 4.78 is 0. The van der Waals surface area contributed by atoms with E-state index in [-0.39, 0.29) is 22.5 Å². The lowest BCUT2D eigenvalue weighted by molar-refractivity contribution is -0.162. The number of carbonyl (C=O) groups excluding carboxylic acids is 1. The van der Waals surface area contributed by atoms with Crippen LogP contribution in [-0.2, 0) is 4.79 Å². The maximum Gasteiger partial charge on any atom is 0.168 e. The fraction of sp³-hybridized carbons (Fsp3) is 0.850. The third-order valence-corrected chi connectivity index (χ3v) is 8.69. The molecule has 4 aliphatic carbocycles.